The van der Waals surface area contributed by atoms with Crippen molar-refractivity contribution in [2.24, 2.45) is 0 Å². The molecule has 0 fully saturated rings. The predicted molar refractivity (Wildman–Crippen MR) is 122 cm³/mol. The summed E-state index contributed by atoms with van der Waals surface area (Å²) in [6.45, 7) is 6.98. The fraction of sp³-hybridized carbons (Fsp3) is 1.00. The first-order valence-electron chi connectivity index (χ1n) is 12.2. The van der Waals surface area contributed by atoms with E-state index < -0.39 is 22.7 Å². The molecule has 0 saturated heterocycles. The van der Waals surface area contributed by atoms with Crippen LogP contribution in [0, 0.1) is 0 Å². The molecule has 26 heavy (non-hydrogen) atoms. The van der Waals surface area contributed by atoms with Gasteiger partial charge in [-0.15, -0.1) is 0 Å². The third kappa shape index (κ3) is 22.9. The van der Waals surface area contributed by atoms with E-state index in [1.807, 2.05) is 0 Å². The molecule has 0 atom stereocenters. The second-order valence-electron chi connectivity index (χ2n) is 8.30. The van der Waals surface area contributed by atoms with Gasteiger partial charge >= 0.3 is 171 Å². The van der Waals surface area contributed by atoms with Gasteiger partial charge in [-0.25, -0.2) is 0 Å². The molecule has 0 bridgehead atoms. The van der Waals surface area contributed by atoms with Crippen molar-refractivity contribution in [1.82, 2.24) is 0 Å². The molecule has 1 nitrogen and oxygen atoms in total. The monoisotopic (exact) mass is 564 g/mol. The van der Waals surface area contributed by atoms with Crippen LogP contribution in [0.3, 0.4) is 0 Å². The van der Waals surface area contributed by atoms with E-state index in [4.69, 9.17) is 0 Å². The van der Waals surface area contributed by atoms with Crippen molar-refractivity contribution in [3.05, 3.63) is 0 Å². The summed E-state index contributed by atoms with van der Waals surface area (Å²) in [5.41, 5.74) is 0. The Bertz CT molecular complexity index is 194. The summed E-state index contributed by atoms with van der Waals surface area (Å²) < 4.78 is 5.21. The van der Waals surface area contributed by atoms with Gasteiger partial charge in [0.15, 0.2) is 0 Å². The Labute approximate surface area is 175 Å². The first-order valence-corrected chi connectivity index (χ1v) is 20.4. The second-order valence-corrected chi connectivity index (χ2v) is 20.0. The van der Waals surface area contributed by atoms with E-state index in [1.165, 1.54) is 77.0 Å². The maximum atomic E-state index is 2.33. The minimum absolute atomic E-state index is 0. The minimum Gasteiger partial charge on any atom is -0.870 e. The van der Waals surface area contributed by atoms with Crippen molar-refractivity contribution in [3.8, 4) is 0 Å². The molecular formula is C24H52OPb. The van der Waals surface area contributed by atoms with Crippen LogP contribution in [0.15, 0.2) is 0 Å². The fourth-order valence-electron chi connectivity index (χ4n) is 3.84. The van der Waals surface area contributed by atoms with E-state index in [1.54, 1.807) is 50.5 Å². The van der Waals surface area contributed by atoms with E-state index in [0.717, 1.165) is 0 Å². The molecule has 0 rings (SSSR count). The number of unbranched alkanes of at least 4 members (excludes halogenated alkanes) is 15. The van der Waals surface area contributed by atoms with Crippen molar-refractivity contribution in [2.45, 2.75) is 148 Å². The van der Waals surface area contributed by atoms with Crippen molar-refractivity contribution >= 4 is 22.7 Å². The molecule has 0 aliphatic rings. The summed E-state index contributed by atoms with van der Waals surface area (Å²) in [5.74, 6) is 0. The van der Waals surface area contributed by atoms with Gasteiger partial charge in [-0.05, 0) is 0 Å². The van der Waals surface area contributed by atoms with Gasteiger partial charge in [0.1, 0.15) is 0 Å². The molecule has 0 aromatic heterocycles. The van der Waals surface area contributed by atoms with E-state index in [0.29, 0.717) is 0 Å². The van der Waals surface area contributed by atoms with Crippen molar-refractivity contribution in [2.75, 3.05) is 0 Å². The standard InChI is InChI=1S/3C8H17.H2O.Pb/c3*1-3-5-7-8-6-4-2;;/h3*1,3-8H2,2H3;1H2;/q;;;;+1/p-1. The molecule has 0 unspecified atom stereocenters. The number of hydrogen-bond acceptors (Lipinski definition) is 1. The van der Waals surface area contributed by atoms with E-state index in [-0.39, 0.29) is 5.48 Å². The maximum absolute atomic E-state index is 2.33. The van der Waals surface area contributed by atoms with Gasteiger partial charge in [0.2, 0.25) is 0 Å². The smallest absolute Gasteiger partial charge is 0.870 e. The molecule has 0 amide bonds. The number of hydrogen-bond donors (Lipinski definition) is 0. The Hall–Kier alpha value is 0.882. The zero-order valence-corrected chi connectivity index (χ0v) is 22.7. The minimum atomic E-state index is -1.19. The quantitative estimate of drug-likeness (QED) is 0.101. The van der Waals surface area contributed by atoms with Crippen LogP contribution in [0.5, 0.6) is 0 Å². The Morgan fingerprint density at radius 1 is 0.346 bits per heavy atom. The first-order chi connectivity index (χ1) is 12.3. The molecule has 0 saturated carbocycles. The summed E-state index contributed by atoms with van der Waals surface area (Å²) >= 11 is -1.19. The average molecular weight is 564 g/mol. The predicted octanol–water partition coefficient (Wildman–Crippen LogP) is 9.39. The molecule has 0 aromatic carbocycles. The third-order valence-corrected chi connectivity index (χ3v) is 18.0. The van der Waals surface area contributed by atoms with Crippen LogP contribution in [0.2, 0.25) is 11.9 Å². The van der Waals surface area contributed by atoms with Crippen LogP contribution >= 0.6 is 0 Å². The van der Waals surface area contributed by atoms with Gasteiger partial charge < -0.3 is 5.48 Å². The molecule has 0 heterocycles. The summed E-state index contributed by atoms with van der Waals surface area (Å²) in [7, 11) is 0. The Kier molecular flexibility index (Phi) is 29.0. The number of rotatable bonds is 21. The summed E-state index contributed by atoms with van der Waals surface area (Å²) in [6, 6.07) is 0. The Balaban J connectivity index is 0. The molecule has 0 spiro atoms. The normalized spacial score (nSPS) is 10.7. The molecule has 0 radical (unpaired) electrons. The van der Waals surface area contributed by atoms with E-state index in [2.05, 4.69) is 20.8 Å². The largest absolute Gasteiger partial charge is 0.870 e. The molecule has 0 aliphatic heterocycles. The van der Waals surface area contributed by atoms with Gasteiger partial charge in [0.05, 0.1) is 0 Å². The third-order valence-electron chi connectivity index (χ3n) is 5.65. The molecule has 0 aromatic rings. The van der Waals surface area contributed by atoms with Crippen LogP contribution in [0.25, 0.3) is 0 Å². The Morgan fingerprint density at radius 3 is 0.846 bits per heavy atom. The molecule has 0 aliphatic carbocycles. The Morgan fingerprint density at radius 2 is 0.577 bits per heavy atom. The molecule has 158 valence electrons. The van der Waals surface area contributed by atoms with Crippen LogP contribution < -0.4 is 0 Å². The maximum Gasteiger partial charge on any atom is -0.870 e. The van der Waals surface area contributed by atoms with Crippen molar-refractivity contribution < 1.29 is 5.48 Å². The van der Waals surface area contributed by atoms with Crippen LogP contribution in [0.1, 0.15) is 136 Å². The summed E-state index contributed by atoms with van der Waals surface area (Å²) in [6.07, 6.45) is 27.0. The van der Waals surface area contributed by atoms with Gasteiger partial charge in [-0.2, -0.15) is 0 Å². The van der Waals surface area contributed by atoms with Crippen LogP contribution in [-0.2, 0) is 0 Å². The summed E-state index contributed by atoms with van der Waals surface area (Å²) in [4.78, 5) is 0. The van der Waals surface area contributed by atoms with Gasteiger partial charge in [-0.1, -0.05) is 0 Å². The van der Waals surface area contributed by atoms with Gasteiger partial charge in [0.25, 0.3) is 0 Å². The van der Waals surface area contributed by atoms with Crippen molar-refractivity contribution in [1.29, 1.82) is 0 Å². The van der Waals surface area contributed by atoms with E-state index >= 15 is 0 Å². The molecular weight excluding hydrogens is 511 g/mol. The van der Waals surface area contributed by atoms with Gasteiger partial charge in [-0.3, -0.25) is 0 Å². The fourth-order valence-corrected chi connectivity index (χ4v) is 15.5. The average Bonchev–Trinajstić information content (AvgIpc) is 2.63. The second kappa shape index (κ2) is 25.9. The van der Waals surface area contributed by atoms with Crippen LogP contribution in [0.4, 0.5) is 0 Å². The SMILES string of the molecule is CCCCCCC[CH2][Pb+]([CH2]CCCCCCC)[CH2]CCCCCCC.[OH-]. The first kappa shape index (κ1) is 29.1. The van der Waals surface area contributed by atoms with Crippen molar-refractivity contribution in [3.63, 3.8) is 0 Å². The topological polar surface area (TPSA) is 30.0 Å². The molecule has 1 N–H and O–H groups in total. The molecule has 2 heteroatoms. The zero-order valence-electron chi connectivity index (χ0n) is 18.8. The van der Waals surface area contributed by atoms with Gasteiger partial charge in [0, 0.05) is 0 Å². The summed E-state index contributed by atoms with van der Waals surface area (Å²) in [5, 5.41) is 0. The zero-order chi connectivity index (χ0) is 18.4. The van der Waals surface area contributed by atoms with Crippen LogP contribution in [-0.4, -0.2) is 28.2 Å². The van der Waals surface area contributed by atoms with E-state index in [9.17, 15) is 0 Å².